The Morgan fingerprint density at radius 1 is 0.175 bits per heavy atom. The zero-order valence-electron chi connectivity index (χ0n) is 74.2. The third-order valence-corrected chi connectivity index (χ3v) is 30.4. The van der Waals surface area contributed by atoms with Crippen molar-refractivity contribution < 1.29 is 8.83 Å². The van der Waals surface area contributed by atoms with Crippen LogP contribution in [0.4, 0.5) is 51.2 Å². The zero-order valence-corrected chi connectivity index (χ0v) is 76.6. The van der Waals surface area contributed by atoms with Gasteiger partial charge in [0.15, 0.2) is 5.58 Å². The predicted octanol–water partition coefficient (Wildman–Crippen LogP) is 38.4. The number of thiophene rings is 3. The molecule has 6 nitrogen and oxygen atoms in total. The highest BCUT2D eigenvalue weighted by atomic mass is 32.1. The van der Waals surface area contributed by atoms with Gasteiger partial charge in [-0.25, -0.2) is 0 Å². The van der Waals surface area contributed by atoms with Gasteiger partial charge in [0.05, 0.1) is 32.8 Å². The van der Waals surface area contributed by atoms with Gasteiger partial charge < -0.3 is 28.1 Å². The van der Waals surface area contributed by atoms with Crippen molar-refractivity contribution >= 4 is 233 Å². The van der Waals surface area contributed by atoms with Crippen LogP contribution in [0.25, 0.3) is 198 Å². The van der Waals surface area contributed by atoms with E-state index in [0.717, 1.165) is 89.4 Å². The molecule has 644 valence electrons. The molecule has 6 heterocycles. The summed E-state index contributed by atoms with van der Waals surface area (Å²) in [6, 6.07) is 179. The van der Waals surface area contributed by atoms with Crippen LogP contribution < -0.4 is 14.7 Å². The van der Waals surface area contributed by atoms with Crippen molar-refractivity contribution in [2.45, 2.75) is 0 Å². The summed E-state index contributed by atoms with van der Waals surface area (Å²) in [6.45, 7) is 0. The second-order valence-corrected chi connectivity index (χ2v) is 38.1. The summed E-state index contributed by atoms with van der Waals surface area (Å²) >= 11 is 5.57. The molecule has 0 N–H and O–H groups in total. The molecule has 0 bridgehead atoms. The Hall–Kier alpha value is -17.2. The van der Waals surface area contributed by atoms with Crippen molar-refractivity contribution in [3.63, 3.8) is 0 Å². The Bertz CT molecular complexity index is 9500. The quantitative estimate of drug-likeness (QED) is 0.109. The highest BCUT2D eigenvalue weighted by molar-refractivity contribution is 7.27. The van der Waals surface area contributed by atoms with E-state index in [1.807, 2.05) is 58.3 Å². The number of hydrogen-bond donors (Lipinski definition) is 0. The van der Waals surface area contributed by atoms with Crippen LogP contribution in [-0.2, 0) is 0 Å². The molecular formula is C128H82N4O2S3. The molecule has 0 spiro atoms. The van der Waals surface area contributed by atoms with Crippen molar-refractivity contribution in [3.05, 3.63) is 497 Å². The molecule has 0 amide bonds. The Morgan fingerprint density at radius 3 is 1.20 bits per heavy atom. The second-order valence-electron chi connectivity index (χ2n) is 34.9. The van der Waals surface area contributed by atoms with Crippen LogP contribution in [0.1, 0.15) is 0 Å². The largest absolute Gasteiger partial charge is 0.456 e. The second kappa shape index (κ2) is 34.1. The van der Waals surface area contributed by atoms with Gasteiger partial charge in [0.1, 0.15) is 16.7 Å². The molecule has 9 heteroatoms. The number of anilines is 9. The summed E-state index contributed by atoms with van der Waals surface area (Å²) in [5.74, 6) is 0. The fraction of sp³-hybridized carbons (Fsp3) is 0. The first-order chi connectivity index (χ1) is 67.9. The van der Waals surface area contributed by atoms with E-state index in [1.54, 1.807) is 0 Å². The van der Waals surface area contributed by atoms with E-state index >= 15 is 0 Å². The van der Waals surface area contributed by atoms with Crippen LogP contribution in [-0.4, -0.2) is 4.57 Å². The maximum Gasteiger partial charge on any atom is 0.159 e. The van der Waals surface area contributed by atoms with E-state index in [9.17, 15) is 0 Å². The van der Waals surface area contributed by atoms with Crippen LogP contribution in [0.3, 0.4) is 0 Å². The van der Waals surface area contributed by atoms with Gasteiger partial charge in [0.25, 0.3) is 0 Å². The topological polar surface area (TPSA) is 40.9 Å². The molecule has 0 aliphatic carbocycles. The molecule has 0 atom stereocenters. The van der Waals surface area contributed by atoms with E-state index in [-0.39, 0.29) is 0 Å². The number of rotatable bonds is 14. The first-order valence-electron chi connectivity index (χ1n) is 46.4. The maximum atomic E-state index is 6.43. The minimum Gasteiger partial charge on any atom is -0.456 e. The van der Waals surface area contributed by atoms with Gasteiger partial charge in [-0.2, -0.15) is 0 Å². The maximum absolute atomic E-state index is 6.43. The van der Waals surface area contributed by atoms with Crippen molar-refractivity contribution in [2.75, 3.05) is 14.7 Å². The molecule has 0 radical (unpaired) electrons. The lowest BCUT2D eigenvalue weighted by Gasteiger charge is -2.27. The Kier molecular flexibility index (Phi) is 20.1. The van der Waals surface area contributed by atoms with Crippen LogP contribution in [0.5, 0.6) is 0 Å². The van der Waals surface area contributed by atoms with E-state index < -0.39 is 0 Å². The minimum absolute atomic E-state index is 0.890. The number of aromatic nitrogens is 1. The molecule has 22 aromatic carbocycles. The molecule has 0 saturated carbocycles. The first-order valence-corrected chi connectivity index (χ1v) is 48.8. The van der Waals surface area contributed by atoms with E-state index in [4.69, 9.17) is 8.83 Å². The van der Waals surface area contributed by atoms with E-state index in [1.165, 1.54) is 160 Å². The number of nitrogens with zero attached hydrogens (tertiary/aromatic N) is 4. The molecule has 28 aromatic rings. The molecule has 28 rings (SSSR count). The minimum atomic E-state index is 0.890. The molecule has 0 fully saturated rings. The Morgan fingerprint density at radius 2 is 0.555 bits per heavy atom. The number of para-hydroxylation sites is 5. The van der Waals surface area contributed by atoms with Crippen LogP contribution in [0.2, 0.25) is 0 Å². The van der Waals surface area contributed by atoms with Gasteiger partial charge in [-0.1, -0.05) is 315 Å². The fourth-order valence-corrected chi connectivity index (χ4v) is 23.7. The highest BCUT2D eigenvalue weighted by Crippen LogP contribution is 2.50. The van der Waals surface area contributed by atoms with E-state index in [0.29, 0.717) is 0 Å². The molecule has 137 heavy (non-hydrogen) atoms. The monoisotopic (exact) mass is 1800 g/mol. The predicted molar refractivity (Wildman–Crippen MR) is 588 cm³/mol. The molecule has 0 aliphatic heterocycles. The molecule has 6 aromatic heterocycles. The van der Waals surface area contributed by atoms with Gasteiger partial charge in [0.2, 0.25) is 0 Å². The lowest BCUT2D eigenvalue weighted by Crippen LogP contribution is -2.10. The van der Waals surface area contributed by atoms with E-state index in [2.05, 4.69) is 492 Å². The Balaban J connectivity index is 0.000000108. The fourth-order valence-electron chi connectivity index (χ4n) is 20.3. The summed E-state index contributed by atoms with van der Waals surface area (Å²) in [4.78, 5) is 7.09. The van der Waals surface area contributed by atoms with Gasteiger partial charge in [0, 0.05) is 133 Å². The summed E-state index contributed by atoms with van der Waals surface area (Å²) in [7, 11) is 0. The standard InChI is InChI=1S/C50H32N2S.C42H27NOS.C36H23NOS/c1-2-12-36-30-39(26-22-33(36)10-1)52-47-17-7-5-15-42(47)44-31-37(23-28-48(44)52)34-20-24-38(25-21-34)51(46-18-9-13-35-11-3-4-14-41(35)46)40-27-29-50-45(32-40)43-16-6-8-19-49(43)53-50;1-2-9-28(10-3-1)29-17-22-32(23-18-29)43(38-14-8-13-36-35-12-5-7-16-41(35)45-42(36)38)33-24-19-30(20-25-33)31-21-26-40-37(27-31)34-11-4-6-15-39(34)44-40;1-2-9-26(10-3-1)37(32-14-8-13-30-28-11-4-6-15-33(28)38-36(30)32)27-20-17-24(18-21-27)25-19-22-35-31(23-25)29-12-5-7-16-34(29)39-35/h1-32H;1-27H;1-23H. The van der Waals surface area contributed by atoms with Crippen molar-refractivity contribution in [3.8, 4) is 50.2 Å². The lowest BCUT2D eigenvalue weighted by molar-refractivity contribution is 0.668. The van der Waals surface area contributed by atoms with Gasteiger partial charge in [-0.3, -0.25) is 0 Å². The van der Waals surface area contributed by atoms with Crippen LogP contribution in [0, 0.1) is 0 Å². The highest BCUT2D eigenvalue weighted by Gasteiger charge is 2.25. The molecule has 0 saturated heterocycles. The van der Waals surface area contributed by atoms with Gasteiger partial charge in [-0.15, -0.1) is 34.0 Å². The van der Waals surface area contributed by atoms with Gasteiger partial charge in [-0.05, 0) is 243 Å². The molecular weight excluding hydrogens is 1720 g/mol. The number of fused-ring (bicyclic) bond motifs is 20. The van der Waals surface area contributed by atoms with Crippen LogP contribution in [0.15, 0.2) is 506 Å². The first kappa shape index (κ1) is 80.7. The summed E-state index contributed by atoms with van der Waals surface area (Å²) < 4.78 is 22.8. The van der Waals surface area contributed by atoms with Crippen molar-refractivity contribution in [2.24, 2.45) is 0 Å². The third kappa shape index (κ3) is 14.6. The SMILES string of the molecule is c1ccc(-c2ccc(N(c3ccc(-c4ccc5oc6ccccc6c5c4)cc3)c3cccc4c3sc3ccccc34)cc2)cc1.c1ccc(N(c2ccc(-c3ccc4sc5ccccc5c4c3)cc2)c2cccc3c2oc2ccccc23)cc1.c1ccc2cc(-n3c4ccccc4c4cc(-c5ccc(N(c6ccc7sc8ccccc8c7c6)c6cccc7ccccc67)cc5)ccc43)ccc2c1. The smallest absolute Gasteiger partial charge is 0.159 e. The lowest BCUT2D eigenvalue weighted by atomic mass is 10.0. The zero-order chi connectivity index (χ0) is 90.4. The average molecular weight is 1800 g/mol. The number of hydrogen-bond acceptors (Lipinski definition) is 8. The molecule has 0 unspecified atom stereocenters. The normalized spacial score (nSPS) is 11.6. The summed E-state index contributed by atoms with van der Waals surface area (Å²) in [6.07, 6.45) is 0. The molecule has 0 aliphatic rings. The number of benzene rings is 22. The van der Waals surface area contributed by atoms with Crippen molar-refractivity contribution in [1.82, 2.24) is 4.57 Å². The summed E-state index contributed by atoms with van der Waals surface area (Å²) in [5, 5.41) is 19.8. The van der Waals surface area contributed by atoms with Crippen molar-refractivity contribution in [1.29, 1.82) is 0 Å². The summed E-state index contributed by atoms with van der Waals surface area (Å²) in [5.41, 5.74) is 26.9. The van der Waals surface area contributed by atoms with Crippen LogP contribution >= 0.6 is 34.0 Å². The van der Waals surface area contributed by atoms with Gasteiger partial charge >= 0.3 is 0 Å². The average Bonchev–Trinajstić information content (AvgIpc) is 1.64. The third-order valence-electron chi connectivity index (χ3n) is 26.9. The number of furan rings is 2. The Labute approximate surface area is 802 Å².